The number of hydrogen-bond donors (Lipinski definition) is 0. The normalized spacial score (nSPS) is 13.9. The predicted molar refractivity (Wildman–Crippen MR) is 102 cm³/mol. The average Bonchev–Trinajstić information content (AvgIpc) is 3.40. The van der Waals surface area contributed by atoms with E-state index >= 15 is 0 Å². The maximum Gasteiger partial charge on any atom is 0.358 e. The van der Waals surface area contributed by atoms with Crippen molar-refractivity contribution in [2.24, 2.45) is 0 Å². The zero-order valence-electron chi connectivity index (χ0n) is 15.4. The van der Waals surface area contributed by atoms with Gasteiger partial charge in [0.15, 0.2) is 11.5 Å². The van der Waals surface area contributed by atoms with Crippen LogP contribution in [0.5, 0.6) is 0 Å². The van der Waals surface area contributed by atoms with E-state index < -0.39 is 5.97 Å². The van der Waals surface area contributed by atoms with Crippen LogP contribution in [0.4, 0.5) is 5.82 Å². The SMILES string of the molecule is COCCN(CC=Cc1ccco1)c1nc(C2CC2)nc(C(=O)OC)c1Cl. The minimum atomic E-state index is -0.566. The van der Waals surface area contributed by atoms with E-state index in [1.54, 1.807) is 13.4 Å². The molecular weight excluding hydrogens is 370 g/mol. The van der Waals surface area contributed by atoms with Crippen LogP contribution in [-0.2, 0) is 9.47 Å². The van der Waals surface area contributed by atoms with Crippen molar-refractivity contribution in [3.05, 3.63) is 46.8 Å². The lowest BCUT2D eigenvalue weighted by atomic mass is 10.3. The minimum Gasteiger partial charge on any atom is -0.465 e. The average molecular weight is 392 g/mol. The molecule has 0 atom stereocenters. The summed E-state index contributed by atoms with van der Waals surface area (Å²) in [5, 5.41) is 0.189. The Balaban J connectivity index is 1.91. The van der Waals surface area contributed by atoms with Gasteiger partial charge in [-0.05, 0) is 31.1 Å². The van der Waals surface area contributed by atoms with E-state index in [9.17, 15) is 4.79 Å². The molecule has 0 bridgehead atoms. The molecule has 0 spiro atoms. The van der Waals surface area contributed by atoms with E-state index in [0.717, 1.165) is 18.6 Å². The smallest absolute Gasteiger partial charge is 0.358 e. The summed E-state index contributed by atoms with van der Waals surface area (Å²) < 4.78 is 15.4. The van der Waals surface area contributed by atoms with Gasteiger partial charge in [0.25, 0.3) is 0 Å². The second-order valence-electron chi connectivity index (χ2n) is 6.19. The number of nitrogens with zero attached hydrogens (tertiary/aromatic N) is 3. The standard InChI is InChI=1S/C19H22ClN3O4/c1-25-12-10-23(9-3-5-14-6-4-11-27-14)18-15(20)16(19(24)26-2)21-17(22-18)13-7-8-13/h3-6,11,13H,7-10,12H2,1-2H3. The Bertz CT molecular complexity index is 804. The third kappa shape index (κ3) is 4.87. The maximum atomic E-state index is 12.1. The summed E-state index contributed by atoms with van der Waals surface area (Å²) in [4.78, 5) is 23.1. The molecule has 1 aliphatic rings. The Morgan fingerprint density at radius 1 is 1.41 bits per heavy atom. The van der Waals surface area contributed by atoms with Crippen LogP contribution in [-0.4, -0.2) is 49.9 Å². The number of aromatic nitrogens is 2. The quantitative estimate of drug-likeness (QED) is 0.605. The molecule has 3 rings (SSSR count). The molecular formula is C19H22ClN3O4. The molecule has 0 amide bonds. The van der Waals surface area contributed by atoms with E-state index in [-0.39, 0.29) is 16.6 Å². The molecule has 0 saturated heterocycles. The van der Waals surface area contributed by atoms with Crippen molar-refractivity contribution in [2.75, 3.05) is 38.8 Å². The fourth-order valence-corrected chi connectivity index (χ4v) is 2.87. The van der Waals surface area contributed by atoms with Gasteiger partial charge in [-0.1, -0.05) is 17.7 Å². The zero-order valence-corrected chi connectivity index (χ0v) is 16.1. The van der Waals surface area contributed by atoms with Gasteiger partial charge in [-0.2, -0.15) is 0 Å². The van der Waals surface area contributed by atoms with Crippen LogP contribution in [0.2, 0.25) is 5.02 Å². The number of esters is 1. The maximum absolute atomic E-state index is 12.1. The van der Waals surface area contributed by atoms with Crippen molar-refractivity contribution < 1.29 is 18.7 Å². The highest BCUT2D eigenvalue weighted by molar-refractivity contribution is 6.35. The van der Waals surface area contributed by atoms with Gasteiger partial charge in [-0.25, -0.2) is 14.8 Å². The van der Waals surface area contributed by atoms with Gasteiger partial charge in [0, 0.05) is 26.1 Å². The minimum absolute atomic E-state index is 0.100. The lowest BCUT2D eigenvalue weighted by Gasteiger charge is -2.24. The van der Waals surface area contributed by atoms with Crippen LogP contribution in [0.25, 0.3) is 6.08 Å². The van der Waals surface area contributed by atoms with Gasteiger partial charge in [-0.3, -0.25) is 0 Å². The van der Waals surface area contributed by atoms with E-state index in [2.05, 4.69) is 9.97 Å². The molecule has 0 aliphatic heterocycles. The first-order valence-electron chi connectivity index (χ1n) is 8.73. The van der Waals surface area contributed by atoms with Crippen molar-refractivity contribution in [2.45, 2.75) is 18.8 Å². The summed E-state index contributed by atoms with van der Waals surface area (Å²) in [6.07, 6.45) is 7.46. The highest BCUT2D eigenvalue weighted by atomic mass is 35.5. The highest BCUT2D eigenvalue weighted by Crippen LogP contribution is 2.40. The summed E-state index contributed by atoms with van der Waals surface area (Å²) >= 11 is 6.48. The predicted octanol–water partition coefficient (Wildman–Crippen LogP) is 3.55. The molecule has 0 aromatic carbocycles. The molecule has 27 heavy (non-hydrogen) atoms. The van der Waals surface area contributed by atoms with E-state index in [1.165, 1.54) is 7.11 Å². The molecule has 0 unspecified atom stereocenters. The number of carbonyl (C=O) groups is 1. The van der Waals surface area contributed by atoms with Crippen LogP contribution in [0.1, 0.15) is 40.8 Å². The van der Waals surface area contributed by atoms with Crippen molar-refractivity contribution in [3.63, 3.8) is 0 Å². The third-order valence-electron chi connectivity index (χ3n) is 4.19. The number of furan rings is 1. The van der Waals surface area contributed by atoms with E-state index in [0.29, 0.717) is 31.3 Å². The van der Waals surface area contributed by atoms with Gasteiger partial charge in [-0.15, -0.1) is 0 Å². The van der Waals surface area contributed by atoms with Crippen molar-refractivity contribution in [3.8, 4) is 0 Å². The zero-order chi connectivity index (χ0) is 19.2. The molecule has 2 heterocycles. The van der Waals surface area contributed by atoms with E-state index in [1.807, 2.05) is 29.2 Å². The van der Waals surface area contributed by atoms with Crippen LogP contribution in [0, 0.1) is 0 Å². The van der Waals surface area contributed by atoms with Crippen molar-refractivity contribution in [1.82, 2.24) is 9.97 Å². The number of halogens is 1. The first-order valence-corrected chi connectivity index (χ1v) is 9.11. The molecule has 7 nitrogen and oxygen atoms in total. The molecule has 1 aliphatic carbocycles. The monoisotopic (exact) mass is 391 g/mol. The molecule has 0 N–H and O–H groups in total. The summed E-state index contributed by atoms with van der Waals surface area (Å²) in [5.41, 5.74) is 0.100. The lowest BCUT2D eigenvalue weighted by Crippen LogP contribution is -2.29. The molecule has 1 saturated carbocycles. The number of rotatable bonds is 9. The molecule has 0 radical (unpaired) electrons. The number of hydrogen-bond acceptors (Lipinski definition) is 7. The van der Waals surface area contributed by atoms with Crippen molar-refractivity contribution >= 4 is 29.5 Å². The second-order valence-corrected chi connectivity index (χ2v) is 6.57. The third-order valence-corrected chi connectivity index (χ3v) is 4.54. The van der Waals surface area contributed by atoms with Gasteiger partial charge in [0.2, 0.25) is 0 Å². The van der Waals surface area contributed by atoms with Gasteiger partial charge < -0.3 is 18.8 Å². The Kier molecular flexibility index (Phi) is 6.47. The summed E-state index contributed by atoms with van der Waals surface area (Å²) in [6.45, 7) is 1.56. The Morgan fingerprint density at radius 3 is 2.85 bits per heavy atom. The van der Waals surface area contributed by atoms with Crippen LogP contribution in [0.3, 0.4) is 0 Å². The van der Waals surface area contributed by atoms with Gasteiger partial charge in [0.05, 0.1) is 20.0 Å². The van der Waals surface area contributed by atoms with Crippen LogP contribution < -0.4 is 4.90 Å². The molecule has 144 valence electrons. The molecule has 2 aromatic rings. The first-order chi connectivity index (χ1) is 13.1. The Labute approximate surface area is 162 Å². The van der Waals surface area contributed by atoms with Crippen LogP contribution in [0.15, 0.2) is 28.9 Å². The van der Waals surface area contributed by atoms with Gasteiger partial charge in [0.1, 0.15) is 16.6 Å². The molecule has 2 aromatic heterocycles. The number of carbonyl (C=O) groups excluding carboxylic acids is 1. The van der Waals surface area contributed by atoms with Gasteiger partial charge >= 0.3 is 5.97 Å². The highest BCUT2D eigenvalue weighted by Gasteiger charge is 2.31. The first kappa shape index (κ1) is 19.4. The number of anilines is 1. The fraction of sp³-hybridized carbons (Fsp3) is 0.421. The topological polar surface area (TPSA) is 77.7 Å². The largest absolute Gasteiger partial charge is 0.465 e. The van der Waals surface area contributed by atoms with Crippen molar-refractivity contribution in [1.29, 1.82) is 0 Å². The summed E-state index contributed by atoms with van der Waals surface area (Å²) in [6, 6.07) is 3.70. The number of ether oxygens (including phenoxy) is 2. The second kappa shape index (κ2) is 9.01. The molecule has 1 fully saturated rings. The number of methoxy groups -OCH3 is 2. The van der Waals surface area contributed by atoms with E-state index in [4.69, 9.17) is 25.5 Å². The lowest BCUT2D eigenvalue weighted by molar-refractivity contribution is 0.0593. The van der Waals surface area contributed by atoms with Crippen LogP contribution >= 0.6 is 11.6 Å². The fourth-order valence-electron chi connectivity index (χ4n) is 2.59. The summed E-state index contributed by atoms with van der Waals surface area (Å²) in [5.74, 6) is 1.60. The molecule has 8 heteroatoms. The summed E-state index contributed by atoms with van der Waals surface area (Å²) in [7, 11) is 2.94. The Hall–Kier alpha value is -2.38. The Morgan fingerprint density at radius 2 is 2.22 bits per heavy atom.